The summed E-state index contributed by atoms with van der Waals surface area (Å²) in [5, 5.41) is 16.6. The Hall–Kier alpha value is -2.74. The summed E-state index contributed by atoms with van der Waals surface area (Å²) in [5.74, 6) is -0.336. The van der Waals surface area contributed by atoms with Crippen LogP contribution in [0.1, 0.15) is 56.7 Å². The standard InChI is InChI=1S/C20H24N4O3S/c1-3-5-11-23-19(27)17(18(26)21-20(23)28)14-12-15(13-9-7-6-8-10-13)24(22-14)16(25)4-2/h6-10,15,27H,3-5,11-12H2,1-2H3,(H,21,26,28)/t15-/m0/s1. The van der Waals surface area contributed by atoms with Gasteiger partial charge in [-0.15, -0.1) is 0 Å². The van der Waals surface area contributed by atoms with Gasteiger partial charge in [0.1, 0.15) is 5.56 Å². The number of hydrazone groups is 1. The number of H-pyrrole nitrogens is 1. The number of benzene rings is 1. The molecule has 28 heavy (non-hydrogen) atoms. The van der Waals surface area contributed by atoms with Crippen molar-refractivity contribution < 1.29 is 9.90 Å². The van der Waals surface area contributed by atoms with Crippen molar-refractivity contribution in [1.82, 2.24) is 14.6 Å². The summed E-state index contributed by atoms with van der Waals surface area (Å²) in [6.45, 7) is 4.30. The number of unbranched alkanes of at least 4 members (excludes halogenated alkanes) is 1. The quantitative estimate of drug-likeness (QED) is 0.726. The van der Waals surface area contributed by atoms with Gasteiger partial charge in [0.05, 0.1) is 11.8 Å². The number of nitrogens with zero attached hydrogens (tertiary/aromatic N) is 3. The number of aromatic nitrogens is 2. The van der Waals surface area contributed by atoms with E-state index in [4.69, 9.17) is 12.2 Å². The highest BCUT2D eigenvalue weighted by molar-refractivity contribution is 7.71. The molecule has 0 saturated carbocycles. The smallest absolute Gasteiger partial charge is 0.264 e. The normalized spacial score (nSPS) is 16.3. The Labute approximate surface area is 168 Å². The second-order valence-corrected chi connectivity index (χ2v) is 7.12. The van der Waals surface area contributed by atoms with Gasteiger partial charge in [-0.05, 0) is 24.2 Å². The van der Waals surface area contributed by atoms with Crippen molar-refractivity contribution in [3.63, 3.8) is 0 Å². The number of nitrogens with one attached hydrogen (secondary N) is 1. The summed E-state index contributed by atoms with van der Waals surface area (Å²) < 4.78 is 1.69. The lowest BCUT2D eigenvalue weighted by atomic mass is 9.99. The van der Waals surface area contributed by atoms with E-state index < -0.39 is 5.56 Å². The summed E-state index contributed by atoms with van der Waals surface area (Å²) in [5.41, 5.74) is 0.899. The minimum atomic E-state index is -0.494. The van der Waals surface area contributed by atoms with Gasteiger partial charge in [-0.1, -0.05) is 50.6 Å². The molecule has 1 aliphatic heterocycles. The second kappa shape index (κ2) is 8.52. The lowest BCUT2D eigenvalue weighted by Gasteiger charge is -2.21. The molecule has 1 atom stereocenters. The molecule has 8 heteroatoms. The van der Waals surface area contributed by atoms with E-state index in [1.165, 1.54) is 9.58 Å². The van der Waals surface area contributed by atoms with Crippen LogP contribution in [0.4, 0.5) is 0 Å². The van der Waals surface area contributed by atoms with E-state index in [9.17, 15) is 14.7 Å². The van der Waals surface area contributed by atoms with Crippen molar-refractivity contribution in [3.8, 4) is 5.88 Å². The summed E-state index contributed by atoms with van der Waals surface area (Å²) >= 11 is 5.20. The van der Waals surface area contributed by atoms with Crippen molar-refractivity contribution in [2.24, 2.45) is 5.10 Å². The lowest BCUT2D eigenvalue weighted by molar-refractivity contribution is -0.132. The third-order valence-corrected chi connectivity index (χ3v) is 5.17. The molecule has 0 saturated heterocycles. The SMILES string of the molecule is CCCCn1c(O)c(C2=NN(C(=O)CC)[C@H](c3ccccc3)C2)c(=O)[nH]c1=S. The van der Waals surface area contributed by atoms with Gasteiger partial charge in [-0.2, -0.15) is 5.10 Å². The molecule has 1 aliphatic rings. The zero-order chi connectivity index (χ0) is 20.3. The molecule has 1 aromatic heterocycles. The minimum Gasteiger partial charge on any atom is -0.494 e. The number of carbonyl (C=O) groups excluding carboxylic acids is 1. The van der Waals surface area contributed by atoms with Crippen LogP contribution in [0, 0.1) is 4.77 Å². The van der Waals surface area contributed by atoms with Crippen LogP contribution in [0.25, 0.3) is 0 Å². The number of hydrogen-bond donors (Lipinski definition) is 2. The Morgan fingerprint density at radius 3 is 2.68 bits per heavy atom. The topological polar surface area (TPSA) is 90.7 Å². The summed E-state index contributed by atoms with van der Waals surface area (Å²) in [4.78, 5) is 27.7. The maximum atomic E-state index is 12.6. The first-order valence-corrected chi connectivity index (χ1v) is 9.89. The van der Waals surface area contributed by atoms with E-state index in [0.29, 0.717) is 25.1 Å². The van der Waals surface area contributed by atoms with Crippen LogP contribution >= 0.6 is 12.2 Å². The van der Waals surface area contributed by atoms with E-state index >= 15 is 0 Å². The summed E-state index contributed by atoms with van der Waals surface area (Å²) in [6.07, 6.45) is 2.37. The Morgan fingerprint density at radius 1 is 1.32 bits per heavy atom. The molecule has 2 heterocycles. The van der Waals surface area contributed by atoms with Gasteiger partial charge in [0.15, 0.2) is 4.77 Å². The third kappa shape index (κ3) is 3.77. The first-order chi connectivity index (χ1) is 13.5. The van der Waals surface area contributed by atoms with Gasteiger partial charge >= 0.3 is 0 Å². The van der Waals surface area contributed by atoms with Crippen LogP contribution in [0.5, 0.6) is 5.88 Å². The maximum Gasteiger partial charge on any atom is 0.264 e. The van der Waals surface area contributed by atoms with Gasteiger partial charge in [0.25, 0.3) is 5.56 Å². The van der Waals surface area contributed by atoms with E-state index in [1.807, 2.05) is 37.3 Å². The summed E-state index contributed by atoms with van der Waals surface area (Å²) in [7, 11) is 0. The molecule has 148 valence electrons. The molecule has 0 aliphatic carbocycles. The van der Waals surface area contributed by atoms with Gasteiger partial charge in [0, 0.05) is 19.4 Å². The third-order valence-electron chi connectivity index (χ3n) is 4.85. The summed E-state index contributed by atoms with van der Waals surface area (Å²) in [6, 6.07) is 9.25. The largest absolute Gasteiger partial charge is 0.494 e. The van der Waals surface area contributed by atoms with E-state index in [2.05, 4.69) is 10.1 Å². The number of aromatic hydroxyl groups is 1. The van der Waals surface area contributed by atoms with Gasteiger partial charge in [-0.25, -0.2) is 5.01 Å². The number of carbonyl (C=O) groups is 1. The van der Waals surface area contributed by atoms with Crippen LogP contribution in [0.3, 0.4) is 0 Å². The molecule has 0 fully saturated rings. The number of amides is 1. The highest BCUT2D eigenvalue weighted by atomic mass is 32.1. The van der Waals surface area contributed by atoms with Crippen molar-refractivity contribution in [2.75, 3.05) is 0 Å². The van der Waals surface area contributed by atoms with E-state index in [1.54, 1.807) is 6.92 Å². The fourth-order valence-electron chi connectivity index (χ4n) is 3.33. The number of aromatic amines is 1. The molecule has 0 bridgehead atoms. The molecule has 0 unspecified atom stereocenters. The van der Waals surface area contributed by atoms with Gasteiger partial charge in [-0.3, -0.25) is 19.1 Å². The Morgan fingerprint density at radius 2 is 2.04 bits per heavy atom. The Bertz CT molecular complexity index is 1010. The van der Waals surface area contributed by atoms with E-state index in [-0.39, 0.29) is 28.2 Å². The van der Waals surface area contributed by atoms with E-state index in [0.717, 1.165) is 18.4 Å². The van der Waals surface area contributed by atoms with Crippen LogP contribution < -0.4 is 5.56 Å². The number of rotatable bonds is 6. The van der Waals surface area contributed by atoms with Crippen LogP contribution in [0.2, 0.25) is 0 Å². The number of hydrogen-bond acceptors (Lipinski definition) is 5. The highest BCUT2D eigenvalue weighted by Crippen LogP contribution is 2.34. The molecule has 1 aromatic carbocycles. The first kappa shape index (κ1) is 20.0. The van der Waals surface area contributed by atoms with Gasteiger partial charge in [0.2, 0.25) is 11.8 Å². The second-order valence-electron chi connectivity index (χ2n) is 6.73. The zero-order valence-electron chi connectivity index (χ0n) is 16.0. The molecule has 0 radical (unpaired) electrons. The highest BCUT2D eigenvalue weighted by Gasteiger charge is 2.34. The maximum absolute atomic E-state index is 12.6. The molecular weight excluding hydrogens is 376 g/mol. The molecule has 2 aromatic rings. The minimum absolute atomic E-state index is 0.0806. The molecule has 0 spiro atoms. The molecule has 2 N–H and O–H groups in total. The fraction of sp³-hybridized carbons (Fsp3) is 0.400. The Balaban J connectivity index is 2.07. The van der Waals surface area contributed by atoms with Crippen molar-refractivity contribution >= 4 is 23.8 Å². The first-order valence-electron chi connectivity index (χ1n) is 9.48. The monoisotopic (exact) mass is 400 g/mol. The van der Waals surface area contributed by atoms with Crippen molar-refractivity contribution in [3.05, 3.63) is 56.6 Å². The average Bonchev–Trinajstić information content (AvgIpc) is 3.12. The van der Waals surface area contributed by atoms with Gasteiger partial charge < -0.3 is 5.11 Å². The average molecular weight is 401 g/mol. The predicted octanol–water partition coefficient (Wildman–Crippen LogP) is 3.50. The molecule has 7 nitrogen and oxygen atoms in total. The van der Waals surface area contributed by atoms with Crippen LogP contribution in [-0.2, 0) is 11.3 Å². The van der Waals surface area contributed by atoms with Crippen molar-refractivity contribution in [2.45, 2.75) is 52.1 Å². The fourth-order valence-corrected chi connectivity index (χ4v) is 3.60. The zero-order valence-corrected chi connectivity index (χ0v) is 16.8. The van der Waals surface area contributed by atoms with Crippen LogP contribution in [0.15, 0.2) is 40.2 Å². The molecular formula is C20H24N4O3S. The molecule has 1 amide bonds. The molecule has 3 rings (SSSR count). The van der Waals surface area contributed by atoms with Crippen molar-refractivity contribution in [1.29, 1.82) is 0 Å². The predicted molar refractivity (Wildman–Crippen MR) is 110 cm³/mol. The Kier molecular flexibility index (Phi) is 6.08. The lowest BCUT2D eigenvalue weighted by Crippen LogP contribution is -2.26. The van der Waals surface area contributed by atoms with Crippen LogP contribution in [-0.4, -0.2) is 31.3 Å².